The molecule has 0 aliphatic heterocycles. The van der Waals surface area contributed by atoms with Crippen molar-refractivity contribution < 1.29 is 9.90 Å². The summed E-state index contributed by atoms with van der Waals surface area (Å²) in [5.41, 5.74) is 2.23. The van der Waals surface area contributed by atoms with Crippen molar-refractivity contribution in [2.75, 3.05) is 0 Å². The maximum Gasteiger partial charge on any atom is 0.307 e. The van der Waals surface area contributed by atoms with Gasteiger partial charge in [-0.3, -0.25) is 9.59 Å². The number of benzene rings is 1. The summed E-state index contributed by atoms with van der Waals surface area (Å²) in [6.07, 6.45) is 1.68. The van der Waals surface area contributed by atoms with Gasteiger partial charge in [0.2, 0.25) is 0 Å². The number of aliphatic carboxylic acids is 1. The van der Waals surface area contributed by atoms with Crippen molar-refractivity contribution in [3.63, 3.8) is 0 Å². The smallest absolute Gasteiger partial charge is 0.307 e. The molecular weight excluding hydrogens is 242 g/mol. The maximum atomic E-state index is 12.0. The SMILES string of the molecule is Cc1cccn(Cc2ccccc2CC(=O)O)c1=O. The maximum absolute atomic E-state index is 12.0. The lowest BCUT2D eigenvalue weighted by molar-refractivity contribution is -0.136. The number of hydrogen-bond donors (Lipinski definition) is 1. The summed E-state index contributed by atoms with van der Waals surface area (Å²) in [5, 5.41) is 8.89. The molecule has 0 saturated heterocycles. The van der Waals surface area contributed by atoms with Gasteiger partial charge in [-0.1, -0.05) is 30.3 Å². The molecule has 1 aromatic carbocycles. The van der Waals surface area contributed by atoms with Crippen molar-refractivity contribution in [1.82, 2.24) is 4.57 Å². The number of carboxylic acid groups (broad SMARTS) is 1. The highest BCUT2D eigenvalue weighted by atomic mass is 16.4. The lowest BCUT2D eigenvalue weighted by Crippen LogP contribution is -2.22. The van der Waals surface area contributed by atoms with Crippen LogP contribution in [-0.2, 0) is 17.8 Å². The first-order valence-corrected chi connectivity index (χ1v) is 6.02. The van der Waals surface area contributed by atoms with E-state index in [1.54, 1.807) is 35.9 Å². The second-order valence-corrected chi connectivity index (χ2v) is 4.46. The number of nitrogens with zero attached hydrogens (tertiary/aromatic N) is 1. The van der Waals surface area contributed by atoms with E-state index in [1.807, 2.05) is 18.2 Å². The molecule has 0 atom stereocenters. The Bertz CT molecular complexity index is 658. The van der Waals surface area contributed by atoms with E-state index in [2.05, 4.69) is 0 Å². The van der Waals surface area contributed by atoms with Crippen LogP contribution in [0.4, 0.5) is 0 Å². The minimum Gasteiger partial charge on any atom is -0.481 e. The third-order valence-corrected chi connectivity index (χ3v) is 3.01. The Hall–Kier alpha value is -2.36. The van der Waals surface area contributed by atoms with Crippen LogP contribution in [0.1, 0.15) is 16.7 Å². The summed E-state index contributed by atoms with van der Waals surface area (Å²) in [6, 6.07) is 10.9. The summed E-state index contributed by atoms with van der Waals surface area (Å²) in [5.74, 6) is -0.871. The average molecular weight is 257 g/mol. The highest BCUT2D eigenvalue weighted by Crippen LogP contribution is 2.11. The van der Waals surface area contributed by atoms with E-state index in [0.29, 0.717) is 12.1 Å². The predicted molar refractivity (Wildman–Crippen MR) is 72.3 cm³/mol. The lowest BCUT2D eigenvalue weighted by atomic mass is 10.0. The highest BCUT2D eigenvalue weighted by Gasteiger charge is 2.07. The van der Waals surface area contributed by atoms with Crippen molar-refractivity contribution in [2.24, 2.45) is 0 Å². The molecule has 0 aliphatic carbocycles. The molecular formula is C15H15NO3. The molecule has 1 heterocycles. The number of carbonyl (C=O) groups is 1. The van der Waals surface area contributed by atoms with Gasteiger partial charge < -0.3 is 9.67 Å². The Morgan fingerprint density at radius 2 is 1.84 bits per heavy atom. The zero-order valence-corrected chi connectivity index (χ0v) is 10.7. The molecule has 1 N–H and O–H groups in total. The average Bonchev–Trinajstić information content (AvgIpc) is 2.36. The molecule has 0 spiro atoms. The summed E-state index contributed by atoms with van der Waals surface area (Å²) < 4.78 is 1.59. The van der Waals surface area contributed by atoms with Gasteiger partial charge in [-0.05, 0) is 24.1 Å². The van der Waals surface area contributed by atoms with Crippen LogP contribution in [0.15, 0.2) is 47.4 Å². The van der Waals surface area contributed by atoms with E-state index in [1.165, 1.54) is 0 Å². The van der Waals surface area contributed by atoms with Crippen molar-refractivity contribution in [2.45, 2.75) is 19.9 Å². The number of rotatable bonds is 4. The number of pyridine rings is 1. The molecule has 4 nitrogen and oxygen atoms in total. The first-order chi connectivity index (χ1) is 9.08. The van der Waals surface area contributed by atoms with Crippen molar-refractivity contribution >= 4 is 5.97 Å². The number of carboxylic acids is 1. The van der Waals surface area contributed by atoms with E-state index in [-0.39, 0.29) is 12.0 Å². The fraction of sp³-hybridized carbons (Fsp3) is 0.200. The molecule has 0 bridgehead atoms. The summed E-state index contributed by atoms with van der Waals surface area (Å²) >= 11 is 0. The standard InChI is InChI=1S/C15H15NO3/c1-11-5-4-8-16(15(11)19)10-13-7-3-2-6-12(13)9-14(17)18/h2-8H,9-10H2,1H3,(H,17,18). The van der Waals surface area contributed by atoms with Gasteiger partial charge in [0.05, 0.1) is 13.0 Å². The van der Waals surface area contributed by atoms with Gasteiger partial charge in [0, 0.05) is 11.8 Å². The minimum atomic E-state index is -0.871. The largest absolute Gasteiger partial charge is 0.481 e. The second kappa shape index (κ2) is 5.52. The third kappa shape index (κ3) is 3.10. The van der Waals surface area contributed by atoms with Gasteiger partial charge in [0.1, 0.15) is 0 Å². The van der Waals surface area contributed by atoms with E-state index in [9.17, 15) is 9.59 Å². The van der Waals surface area contributed by atoms with E-state index >= 15 is 0 Å². The van der Waals surface area contributed by atoms with Crippen LogP contribution in [0.25, 0.3) is 0 Å². The van der Waals surface area contributed by atoms with Crippen LogP contribution in [0.5, 0.6) is 0 Å². The van der Waals surface area contributed by atoms with Gasteiger partial charge in [-0.2, -0.15) is 0 Å². The molecule has 2 rings (SSSR count). The molecule has 0 aliphatic rings. The molecule has 0 saturated carbocycles. The zero-order valence-electron chi connectivity index (χ0n) is 10.7. The number of aryl methyl sites for hydroxylation is 1. The Kier molecular flexibility index (Phi) is 3.80. The monoisotopic (exact) mass is 257 g/mol. The molecule has 0 radical (unpaired) electrons. The van der Waals surface area contributed by atoms with Crippen LogP contribution >= 0.6 is 0 Å². The molecule has 1 aromatic heterocycles. The van der Waals surface area contributed by atoms with Crippen molar-refractivity contribution in [3.8, 4) is 0 Å². The van der Waals surface area contributed by atoms with Crippen LogP contribution in [0, 0.1) is 6.92 Å². The van der Waals surface area contributed by atoms with Gasteiger partial charge in [-0.25, -0.2) is 0 Å². The first-order valence-electron chi connectivity index (χ1n) is 6.02. The molecule has 4 heteroatoms. The topological polar surface area (TPSA) is 59.3 Å². The normalized spacial score (nSPS) is 10.4. The fourth-order valence-electron chi connectivity index (χ4n) is 2.01. The minimum absolute atomic E-state index is 0.0310. The number of aromatic nitrogens is 1. The van der Waals surface area contributed by atoms with Gasteiger partial charge >= 0.3 is 5.97 Å². The zero-order chi connectivity index (χ0) is 13.8. The Morgan fingerprint density at radius 3 is 2.53 bits per heavy atom. The van der Waals surface area contributed by atoms with Crippen LogP contribution < -0.4 is 5.56 Å². The Morgan fingerprint density at radius 1 is 1.16 bits per heavy atom. The van der Waals surface area contributed by atoms with Gasteiger partial charge in [0.15, 0.2) is 0 Å². The fourth-order valence-corrected chi connectivity index (χ4v) is 2.01. The van der Waals surface area contributed by atoms with Crippen LogP contribution in [0.2, 0.25) is 0 Å². The molecule has 19 heavy (non-hydrogen) atoms. The lowest BCUT2D eigenvalue weighted by Gasteiger charge is -2.10. The van der Waals surface area contributed by atoms with E-state index in [0.717, 1.165) is 11.1 Å². The van der Waals surface area contributed by atoms with Gasteiger partial charge in [-0.15, -0.1) is 0 Å². The number of hydrogen-bond acceptors (Lipinski definition) is 2. The summed E-state index contributed by atoms with van der Waals surface area (Å²) in [6.45, 7) is 2.16. The van der Waals surface area contributed by atoms with Crippen molar-refractivity contribution in [3.05, 3.63) is 69.6 Å². The first kappa shape index (κ1) is 13.1. The van der Waals surface area contributed by atoms with Gasteiger partial charge in [0.25, 0.3) is 5.56 Å². The second-order valence-electron chi connectivity index (χ2n) is 4.46. The molecule has 2 aromatic rings. The van der Waals surface area contributed by atoms with E-state index in [4.69, 9.17) is 5.11 Å². The Balaban J connectivity index is 2.36. The van der Waals surface area contributed by atoms with Crippen molar-refractivity contribution in [1.29, 1.82) is 0 Å². The molecule has 0 fully saturated rings. The van der Waals surface area contributed by atoms with E-state index < -0.39 is 5.97 Å². The van der Waals surface area contributed by atoms with Crippen LogP contribution in [-0.4, -0.2) is 15.6 Å². The predicted octanol–water partition coefficient (Wildman–Crippen LogP) is 1.83. The Labute approximate surface area is 110 Å². The molecule has 98 valence electrons. The summed E-state index contributed by atoms with van der Waals surface area (Å²) in [4.78, 5) is 22.8. The summed E-state index contributed by atoms with van der Waals surface area (Å²) in [7, 11) is 0. The molecule has 0 unspecified atom stereocenters. The quantitative estimate of drug-likeness (QED) is 0.909. The highest BCUT2D eigenvalue weighted by molar-refractivity contribution is 5.70. The third-order valence-electron chi connectivity index (χ3n) is 3.01. The molecule has 0 amide bonds. The van der Waals surface area contributed by atoms with Crippen LogP contribution in [0.3, 0.4) is 0 Å².